The molecule has 0 radical (unpaired) electrons. The fourth-order valence-corrected chi connectivity index (χ4v) is 1.06. The molecule has 0 bridgehead atoms. The minimum absolute atomic E-state index is 0.539. The van der Waals surface area contributed by atoms with Gasteiger partial charge in [-0.15, -0.1) is 0 Å². The summed E-state index contributed by atoms with van der Waals surface area (Å²) in [5.41, 5.74) is 0.843. The highest BCUT2D eigenvalue weighted by molar-refractivity contribution is 6.30. The molecule has 0 saturated carbocycles. The molecular formula is C8H8ClFO. The van der Waals surface area contributed by atoms with Gasteiger partial charge in [0.25, 0.3) is 0 Å². The van der Waals surface area contributed by atoms with E-state index in [2.05, 4.69) is 4.74 Å². The van der Waals surface area contributed by atoms with E-state index in [1.54, 1.807) is 18.2 Å². The van der Waals surface area contributed by atoms with E-state index in [4.69, 9.17) is 11.6 Å². The standard InChI is InChI=1S/C8H8ClFO/c1-6-4-7(9)2-3-8(6)11-5-10/h2-4H,5H2,1H3. The van der Waals surface area contributed by atoms with E-state index < -0.39 is 6.86 Å². The summed E-state index contributed by atoms with van der Waals surface area (Å²) in [4.78, 5) is 0. The van der Waals surface area contributed by atoms with Gasteiger partial charge in [-0.1, -0.05) is 11.6 Å². The molecule has 0 aliphatic carbocycles. The first-order valence-electron chi connectivity index (χ1n) is 3.19. The fraction of sp³-hybridized carbons (Fsp3) is 0.250. The van der Waals surface area contributed by atoms with Gasteiger partial charge in [0.15, 0.2) is 0 Å². The van der Waals surface area contributed by atoms with Gasteiger partial charge in [-0.2, -0.15) is 0 Å². The number of aryl methyl sites for hydroxylation is 1. The molecular weight excluding hydrogens is 167 g/mol. The Hall–Kier alpha value is -0.760. The number of ether oxygens (including phenoxy) is 1. The first kappa shape index (κ1) is 8.34. The highest BCUT2D eigenvalue weighted by atomic mass is 35.5. The van der Waals surface area contributed by atoms with Crippen LogP contribution in [-0.2, 0) is 0 Å². The SMILES string of the molecule is Cc1cc(Cl)ccc1OCF. The van der Waals surface area contributed by atoms with Gasteiger partial charge in [-0.25, -0.2) is 4.39 Å². The average molecular weight is 175 g/mol. The van der Waals surface area contributed by atoms with E-state index in [1.165, 1.54) is 0 Å². The monoisotopic (exact) mass is 174 g/mol. The van der Waals surface area contributed by atoms with Crippen LogP contribution in [0.5, 0.6) is 5.75 Å². The summed E-state index contributed by atoms with van der Waals surface area (Å²) < 4.78 is 16.4. The number of hydrogen-bond acceptors (Lipinski definition) is 1. The molecule has 11 heavy (non-hydrogen) atoms. The first-order valence-corrected chi connectivity index (χ1v) is 3.57. The lowest BCUT2D eigenvalue weighted by Crippen LogP contribution is -1.91. The molecule has 0 heterocycles. The minimum Gasteiger partial charge on any atom is -0.463 e. The number of rotatable bonds is 2. The summed E-state index contributed by atoms with van der Waals surface area (Å²) in [5.74, 6) is 0.539. The topological polar surface area (TPSA) is 9.23 Å². The number of alkyl halides is 1. The summed E-state index contributed by atoms with van der Waals surface area (Å²) in [5, 5.41) is 0.633. The van der Waals surface area contributed by atoms with Crippen LogP contribution in [0.2, 0.25) is 5.02 Å². The Morgan fingerprint density at radius 1 is 1.55 bits per heavy atom. The average Bonchev–Trinajstić information content (AvgIpc) is 1.95. The van der Waals surface area contributed by atoms with E-state index >= 15 is 0 Å². The van der Waals surface area contributed by atoms with E-state index in [9.17, 15) is 4.39 Å². The van der Waals surface area contributed by atoms with Crippen LogP contribution in [-0.4, -0.2) is 6.86 Å². The molecule has 0 spiro atoms. The van der Waals surface area contributed by atoms with Crippen molar-refractivity contribution in [3.8, 4) is 5.75 Å². The molecule has 1 nitrogen and oxygen atoms in total. The summed E-state index contributed by atoms with van der Waals surface area (Å²) in [7, 11) is 0. The van der Waals surface area contributed by atoms with Crippen molar-refractivity contribution in [3.63, 3.8) is 0 Å². The maximum absolute atomic E-state index is 11.7. The second-order valence-electron chi connectivity index (χ2n) is 2.16. The van der Waals surface area contributed by atoms with Crippen molar-refractivity contribution in [2.45, 2.75) is 6.92 Å². The summed E-state index contributed by atoms with van der Waals surface area (Å²) in [6.07, 6.45) is 0. The van der Waals surface area contributed by atoms with Gasteiger partial charge < -0.3 is 4.74 Å². The van der Waals surface area contributed by atoms with Crippen molar-refractivity contribution < 1.29 is 9.13 Å². The third-order valence-corrected chi connectivity index (χ3v) is 1.58. The van der Waals surface area contributed by atoms with Crippen molar-refractivity contribution in [1.29, 1.82) is 0 Å². The van der Waals surface area contributed by atoms with Crippen molar-refractivity contribution >= 4 is 11.6 Å². The van der Waals surface area contributed by atoms with Gasteiger partial charge in [0.05, 0.1) is 0 Å². The molecule has 1 aromatic rings. The van der Waals surface area contributed by atoms with Crippen LogP contribution in [0.4, 0.5) is 4.39 Å². The van der Waals surface area contributed by atoms with Gasteiger partial charge >= 0.3 is 0 Å². The summed E-state index contributed by atoms with van der Waals surface area (Å²) in [6.45, 7) is 1.01. The second-order valence-corrected chi connectivity index (χ2v) is 2.60. The Morgan fingerprint density at radius 3 is 2.82 bits per heavy atom. The van der Waals surface area contributed by atoms with Gasteiger partial charge in [-0.3, -0.25) is 0 Å². The maximum atomic E-state index is 11.7. The van der Waals surface area contributed by atoms with Crippen LogP contribution < -0.4 is 4.74 Å². The quantitative estimate of drug-likeness (QED) is 0.670. The Kier molecular flexibility index (Phi) is 2.71. The van der Waals surface area contributed by atoms with Crippen molar-refractivity contribution in [3.05, 3.63) is 28.8 Å². The smallest absolute Gasteiger partial charge is 0.228 e. The van der Waals surface area contributed by atoms with E-state index in [1.807, 2.05) is 6.92 Å². The van der Waals surface area contributed by atoms with E-state index in [0.29, 0.717) is 10.8 Å². The van der Waals surface area contributed by atoms with Gasteiger partial charge in [0.1, 0.15) is 5.75 Å². The zero-order valence-corrected chi connectivity index (χ0v) is 6.86. The Labute approximate surface area is 69.7 Å². The lowest BCUT2D eigenvalue weighted by molar-refractivity contribution is 0.190. The Bertz CT molecular complexity index is 250. The molecule has 3 heteroatoms. The van der Waals surface area contributed by atoms with Gasteiger partial charge in [-0.05, 0) is 30.7 Å². The molecule has 0 fully saturated rings. The molecule has 0 aliphatic rings. The number of benzene rings is 1. The van der Waals surface area contributed by atoms with Crippen LogP contribution in [0.3, 0.4) is 0 Å². The van der Waals surface area contributed by atoms with Crippen LogP contribution in [0.1, 0.15) is 5.56 Å². The van der Waals surface area contributed by atoms with Crippen molar-refractivity contribution in [2.24, 2.45) is 0 Å². The minimum atomic E-state index is -0.803. The normalized spacial score (nSPS) is 9.73. The molecule has 1 rings (SSSR count). The molecule has 0 aliphatic heterocycles. The fourth-order valence-electron chi connectivity index (χ4n) is 0.834. The molecule has 0 saturated heterocycles. The lowest BCUT2D eigenvalue weighted by atomic mass is 10.2. The maximum Gasteiger partial charge on any atom is 0.228 e. The first-order chi connectivity index (χ1) is 5.24. The summed E-state index contributed by atoms with van der Waals surface area (Å²) in [6, 6.07) is 5.04. The number of hydrogen-bond donors (Lipinski definition) is 0. The molecule has 0 amide bonds. The van der Waals surface area contributed by atoms with E-state index in [0.717, 1.165) is 5.56 Å². The largest absolute Gasteiger partial charge is 0.463 e. The van der Waals surface area contributed by atoms with Crippen molar-refractivity contribution in [2.75, 3.05) is 6.86 Å². The van der Waals surface area contributed by atoms with Crippen LogP contribution in [0.15, 0.2) is 18.2 Å². The zero-order chi connectivity index (χ0) is 8.27. The predicted octanol–water partition coefficient (Wildman–Crippen LogP) is 2.95. The lowest BCUT2D eigenvalue weighted by Gasteiger charge is -2.04. The van der Waals surface area contributed by atoms with Crippen LogP contribution in [0.25, 0.3) is 0 Å². The van der Waals surface area contributed by atoms with E-state index in [-0.39, 0.29) is 0 Å². The highest BCUT2D eigenvalue weighted by Crippen LogP contribution is 2.21. The Morgan fingerprint density at radius 2 is 2.27 bits per heavy atom. The Balaban J connectivity index is 2.90. The van der Waals surface area contributed by atoms with Crippen LogP contribution in [0, 0.1) is 6.92 Å². The molecule has 0 unspecified atom stereocenters. The molecule has 0 aromatic heterocycles. The summed E-state index contributed by atoms with van der Waals surface area (Å²) >= 11 is 5.67. The van der Waals surface area contributed by atoms with Gasteiger partial charge in [0.2, 0.25) is 6.86 Å². The van der Waals surface area contributed by atoms with Crippen LogP contribution >= 0.6 is 11.6 Å². The zero-order valence-electron chi connectivity index (χ0n) is 6.10. The second kappa shape index (κ2) is 3.58. The predicted molar refractivity (Wildman–Crippen MR) is 42.8 cm³/mol. The molecule has 0 atom stereocenters. The third kappa shape index (κ3) is 2.09. The molecule has 1 aromatic carbocycles. The molecule has 60 valence electrons. The molecule has 0 N–H and O–H groups in total. The van der Waals surface area contributed by atoms with Crippen molar-refractivity contribution in [1.82, 2.24) is 0 Å². The highest BCUT2D eigenvalue weighted by Gasteiger charge is 1.98. The number of halogens is 2. The third-order valence-electron chi connectivity index (χ3n) is 1.35. The van der Waals surface area contributed by atoms with Gasteiger partial charge in [0, 0.05) is 5.02 Å².